The second-order valence-corrected chi connectivity index (χ2v) is 3.00. The molecule has 1 heterocycles. The van der Waals surface area contributed by atoms with Gasteiger partial charge in [-0.05, 0) is 6.92 Å². The van der Waals surface area contributed by atoms with Crippen molar-refractivity contribution in [2.45, 2.75) is 6.92 Å². The van der Waals surface area contributed by atoms with Crippen LogP contribution in [0, 0.1) is 18.3 Å². The van der Waals surface area contributed by atoms with Gasteiger partial charge in [0.15, 0.2) is 11.5 Å². The fourth-order valence-electron chi connectivity index (χ4n) is 0.811. The molecule has 0 aliphatic rings. The van der Waals surface area contributed by atoms with Gasteiger partial charge in [0.2, 0.25) is 0 Å². The van der Waals surface area contributed by atoms with Gasteiger partial charge in [0.05, 0.1) is 18.2 Å². The van der Waals surface area contributed by atoms with E-state index in [2.05, 4.69) is 15.0 Å². The van der Waals surface area contributed by atoms with Crippen molar-refractivity contribution in [1.29, 1.82) is 5.26 Å². The van der Waals surface area contributed by atoms with Crippen LogP contribution in [0.5, 0.6) is 0 Å². The summed E-state index contributed by atoms with van der Waals surface area (Å²) in [7, 11) is 3.69. The Bertz CT molecular complexity index is 389. The normalized spacial score (nSPS) is 10.1. The van der Waals surface area contributed by atoms with Crippen molar-refractivity contribution in [2.75, 3.05) is 14.1 Å². The molecule has 1 rings (SSSR count). The summed E-state index contributed by atoms with van der Waals surface area (Å²) >= 11 is 0. The Labute approximate surface area is 82.7 Å². The van der Waals surface area contributed by atoms with Crippen LogP contribution in [0.1, 0.15) is 11.4 Å². The third kappa shape index (κ3) is 2.52. The van der Waals surface area contributed by atoms with Gasteiger partial charge in [-0.3, -0.25) is 0 Å². The van der Waals surface area contributed by atoms with Gasteiger partial charge >= 0.3 is 0 Å². The van der Waals surface area contributed by atoms with Crippen molar-refractivity contribution in [3.63, 3.8) is 0 Å². The number of nitriles is 1. The first kappa shape index (κ1) is 10.1. The zero-order chi connectivity index (χ0) is 10.6. The molecule has 1 aromatic rings. The average molecular weight is 189 g/mol. The van der Waals surface area contributed by atoms with Gasteiger partial charge in [0, 0.05) is 14.1 Å². The van der Waals surface area contributed by atoms with Crippen molar-refractivity contribution < 1.29 is 0 Å². The first-order valence-electron chi connectivity index (χ1n) is 4.08. The van der Waals surface area contributed by atoms with Gasteiger partial charge in [0.25, 0.3) is 0 Å². The molecule has 0 spiro atoms. The molecule has 1 aromatic heterocycles. The smallest absolute Gasteiger partial charge is 0.190 e. The van der Waals surface area contributed by atoms with E-state index in [1.54, 1.807) is 24.4 Å². The fourth-order valence-corrected chi connectivity index (χ4v) is 0.811. The molecule has 0 atom stereocenters. The van der Waals surface area contributed by atoms with E-state index in [4.69, 9.17) is 5.26 Å². The van der Waals surface area contributed by atoms with Gasteiger partial charge in [-0.1, -0.05) is 0 Å². The summed E-state index contributed by atoms with van der Waals surface area (Å²) in [5.74, 6) is 0.354. The Balaban J connectivity index is 3.04. The number of hydrogen-bond donors (Lipinski definition) is 0. The summed E-state index contributed by atoms with van der Waals surface area (Å²) in [4.78, 5) is 13.8. The zero-order valence-corrected chi connectivity index (χ0v) is 8.39. The molecular formula is C9H11N5. The largest absolute Gasteiger partial charge is 0.369 e. The highest BCUT2D eigenvalue weighted by Gasteiger charge is 2.02. The third-order valence-electron chi connectivity index (χ3n) is 1.39. The maximum absolute atomic E-state index is 8.77. The number of aliphatic imine (C=N–C) groups is 1. The van der Waals surface area contributed by atoms with E-state index in [9.17, 15) is 0 Å². The summed E-state index contributed by atoms with van der Waals surface area (Å²) in [6.45, 7) is 1.78. The third-order valence-corrected chi connectivity index (χ3v) is 1.39. The average Bonchev–Trinajstić information content (AvgIpc) is 2.15. The van der Waals surface area contributed by atoms with Crippen LogP contribution < -0.4 is 0 Å². The SMILES string of the molecule is Cc1cnc(N=CN(C)C)c(C#N)n1. The van der Waals surface area contributed by atoms with Crippen LogP contribution in [-0.4, -0.2) is 35.3 Å². The zero-order valence-electron chi connectivity index (χ0n) is 8.39. The highest BCUT2D eigenvalue weighted by Crippen LogP contribution is 2.11. The lowest BCUT2D eigenvalue weighted by molar-refractivity contribution is 0.643. The number of aromatic nitrogens is 2. The van der Waals surface area contributed by atoms with Crippen molar-refractivity contribution >= 4 is 12.2 Å². The standard InChI is InChI=1S/C9H11N5/c1-7-5-11-9(8(4-10)13-7)12-6-14(2)3/h5-6H,1-3H3. The van der Waals surface area contributed by atoms with Crippen molar-refractivity contribution in [3.8, 4) is 6.07 Å². The summed E-state index contributed by atoms with van der Waals surface area (Å²) in [5, 5.41) is 8.77. The lowest BCUT2D eigenvalue weighted by Gasteiger charge is -2.02. The second kappa shape index (κ2) is 4.33. The first-order chi connectivity index (χ1) is 6.63. The van der Waals surface area contributed by atoms with E-state index in [-0.39, 0.29) is 5.69 Å². The van der Waals surface area contributed by atoms with E-state index >= 15 is 0 Å². The van der Waals surface area contributed by atoms with E-state index < -0.39 is 0 Å². The molecule has 0 bridgehead atoms. The van der Waals surface area contributed by atoms with Crippen LogP contribution in [0.3, 0.4) is 0 Å². The minimum atomic E-state index is 0.253. The molecule has 72 valence electrons. The van der Waals surface area contributed by atoms with E-state index in [0.29, 0.717) is 11.5 Å². The Morgan fingerprint density at radius 1 is 1.57 bits per heavy atom. The Morgan fingerprint density at radius 2 is 2.29 bits per heavy atom. The van der Waals surface area contributed by atoms with Gasteiger partial charge in [-0.25, -0.2) is 15.0 Å². The Hall–Kier alpha value is -1.96. The minimum absolute atomic E-state index is 0.253. The van der Waals surface area contributed by atoms with E-state index in [1.165, 1.54) is 0 Å². The van der Waals surface area contributed by atoms with E-state index in [1.807, 2.05) is 20.2 Å². The van der Waals surface area contributed by atoms with Crippen molar-refractivity contribution in [3.05, 3.63) is 17.6 Å². The number of aryl methyl sites for hydroxylation is 1. The maximum Gasteiger partial charge on any atom is 0.190 e. The van der Waals surface area contributed by atoms with Crippen LogP contribution in [0.4, 0.5) is 5.82 Å². The topological polar surface area (TPSA) is 65.2 Å². The highest BCUT2D eigenvalue weighted by atomic mass is 15.1. The monoisotopic (exact) mass is 189 g/mol. The van der Waals surface area contributed by atoms with Crippen LogP contribution in [0.15, 0.2) is 11.2 Å². The van der Waals surface area contributed by atoms with Crippen molar-refractivity contribution in [2.24, 2.45) is 4.99 Å². The Kier molecular flexibility index (Phi) is 3.13. The highest BCUT2D eigenvalue weighted by molar-refractivity contribution is 5.61. The first-order valence-corrected chi connectivity index (χ1v) is 4.08. The summed E-state index contributed by atoms with van der Waals surface area (Å²) in [5.41, 5.74) is 0.966. The van der Waals surface area contributed by atoms with Gasteiger partial charge in [-0.2, -0.15) is 5.26 Å². The molecule has 0 fully saturated rings. The number of hydrogen-bond acceptors (Lipinski definition) is 4. The molecule has 0 saturated heterocycles. The van der Waals surface area contributed by atoms with Crippen LogP contribution in [0.25, 0.3) is 0 Å². The predicted molar refractivity (Wildman–Crippen MR) is 53.3 cm³/mol. The van der Waals surface area contributed by atoms with Gasteiger partial charge in [0.1, 0.15) is 6.07 Å². The summed E-state index contributed by atoms with van der Waals surface area (Å²) < 4.78 is 0. The molecule has 0 radical (unpaired) electrons. The van der Waals surface area contributed by atoms with Crippen LogP contribution in [-0.2, 0) is 0 Å². The summed E-state index contributed by atoms with van der Waals surface area (Å²) in [6, 6.07) is 1.95. The fraction of sp³-hybridized carbons (Fsp3) is 0.333. The molecular weight excluding hydrogens is 178 g/mol. The lowest BCUT2D eigenvalue weighted by Crippen LogP contribution is -2.07. The lowest BCUT2D eigenvalue weighted by atomic mass is 10.4. The van der Waals surface area contributed by atoms with Crippen LogP contribution in [0.2, 0.25) is 0 Å². The van der Waals surface area contributed by atoms with Crippen molar-refractivity contribution in [1.82, 2.24) is 14.9 Å². The molecule has 0 aromatic carbocycles. The number of nitrogens with zero attached hydrogens (tertiary/aromatic N) is 5. The van der Waals surface area contributed by atoms with Gasteiger partial charge < -0.3 is 4.90 Å². The molecule has 14 heavy (non-hydrogen) atoms. The molecule has 0 N–H and O–H groups in total. The van der Waals surface area contributed by atoms with E-state index in [0.717, 1.165) is 0 Å². The second-order valence-electron chi connectivity index (χ2n) is 3.00. The molecule has 5 nitrogen and oxygen atoms in total. The molecule has 0 unspecified atom stereocenters. The summed E-state index contributed by atoms with van der Waals surface area (Å²) in [6.07, 6.45) is 3.17. The minimum Gasteiger partial charge on any atom is -0.369 e. The molecule has 0 amide bonds. The van der Waals surface area contributed by atoms with Gasteiger partial charge in [-0.15, -0.1) is 0 Å². The number of rotatable bonds is 2. The quantitative estimate of drug-likeness (QED) is 0.511. The molecule has 0 aliphatic heterocycles. The molecule has 0 saturated carbocycles. The molecule has 0 aliphatic carbocycles. The Morgan fingerprint density at radius 3 is 2.86 bits per heavy atom. The molecule has 5 heteroatoms. The van der Waals surface area contributed by atoms with Crippen LogP contribution >= 0.6 is 0 Å². The predicted octanol–water partition coefficient (Wildman–Crippen LogP) is 0.878. The maximum atomic E-state index is 8.77.